The molecule has 1 heterocycles. The van der Waals surface area contributed by atoms with Crippen LogP contribution in [0.15, 0.2) is 18.3 Å². The van der Waals surface area contributed by atoms with Crippen molar-refractivity contribution in [3.8, 4) is 0 Å². The first kappa shape index (κ1) is 19.0. The van der Waals surface area contributed by atoms with Gasteiger partial charge in [0.1, 0.15) is 10.8 Å². The van der Waals surface area contributed by atoms with Crippen LogP contribution in [0.3, 0.4) is 0 Å². The van der Waals surface area contributed by atoms with Crippen molar-refractivity contribution in [2.45, 2.75) is 58.5 Å². The zero-order valence-corrected chi connectivity index (χ0v) is 14.9. The summed E-state index contributed by atoms with van der Waals surface area (Å²) >= 11 is 11.7. The van der Waals surface area contributed by atoms with Crippen molar-refractivity contribution < 1.29 is 9.53 Å². The Balaban J connectivity index is 2.16. The van der Waals surface area contributed by atoms with Gasteiger partial charge in [0, 0.05) is 12.6 Å². The number of ether oxygens (including phenoxy) is 1. The predicted octanol–water partition coefficient (Wildman–Crippen LogP) is 5.69. The fourth-order valence-corrected chi connectivity index (χ4v) is 2.13. The van der Waals surface area contributed by atoms with Crippen LogP contribution < -0.4 is 0 Å². The number of aromatic nitrogens is 1. The highest BCUT2D eigenvalue weighted by Gasteiger charge is 2.15. The molecule has 1 aromatic heterocycles. The maximum absolute atomic E-state index is 11.5. The molecule has 0 aliphatic carbocycles. The largest absolute Gasteiger partial charge is 0.460 e. The first-order valence-corrected chi connectivity index (χ1v) is 8.23. The number of pyridine rings is 1. The van der Waals surface area contributed by atoms with Gasteiger partial charge in [0.25, 0.3) is 0 Å². The number of rotatable bonds is 7. The molecule has 0 aromatic carbocycles. The molecular weight excluding hydrogens is 321 g/mol. The third-order valence-corrected chi connectivity index (χ3v) is 3.49. The van der Waals surface area contributed by atoms with Crippen LogP contribution in [0, 0.1) is 0 Å². The van der Waals surface area contributed by atoms with Gasteiger partial charge >= 0.3 is 5.97 Å². The van der Waals surface area contributed by atoms with Gasteiger partial charge in [-0.15, -0.1) is 0 Å². The molecule has 3 nitrogen and oxygen atoms in total. The first-order valence-electron chi connectivity index (χ1n) is 7.47. The van der Waals surface area contributed by atoms with Crippen LogP contribution in [-0.4, -0.2) is 16.6 Å². The van der Waals surface area contributed by atoms with Crippen LogP contribution in [-0.2, 0) is 9.53 Å². The van der Waals surface area contributed by atoms with Gasteiger partial charge in [-0.2, -0.15) is 0 Å². The number of unbranched alkanes of at least 4 members (excludes halogenated alkanes) is 3. The highest BCUT2D eigenvalue weighted by Crippen LogP contribution is 2.20. The lowest BCUT2D eigenvalue weighted by Gasteiger charge is -2.19. The summed E-state index contributed by atoms with van der Waals surface area (Å²) in [6.07, 6.45) is 10.1. The second kappa shape index (κ2) is 9.16. The summed E-state index contributed by atoms with van der Waals surface area (Å²) in [5.74, 6) is -0.120. The highest BCUT2D eigenvalue weighted by molar-refractivity contribution is 6.41. The molecule has 22 heavy (non-hydrogen) atoms. The van der Waals surface area contributed by atoms with E-state index in [0.29, 0.717) is 16.6 Å². The van der Waals surface area contributed by atoms with E-state index in [4.69, 9.17) is 27.9 Å². The molecule has 0 aliphatic rings. The minimum Gasteiger partial charge on any atom is -0.460 e. The SMILES string of the molecule is CC(C)(C)OC(=O)CCCCC/C=C/c1cnc(Cl)c(Cl)c1. The molecule has 0 bridgehead atoms. The van der Waals surface area contributed by atoms with Gasteiger partial charge in [0.05, 0.1) is 5.02 Å². The molecule has 0 fully saturated rings. The fraction of sp³-hybridized carbons (Fsp3) is 0.529. The van der Waals surface area contributed by atoms with E-state index in [-0.39, 0.29) is 5.97 Å². The van der Waals surface area contributed by atoms with E-state index < -0.39 is 5.60 Å². The average molecular weight is 344 g/mol. The monoisotopic (exact) mass is 343 g/mol. The third-order valence-electron chi connectivity index (χ3n) is 2.80. The number of hydrogen-bond donors (Lipinski definition) is 0. The molecule has 122 valence electrons. The molecule has 1 rings (SSSR count). The van der Waals surface area contributed by atoms with Gasteiger partial charge in [-0.1, -0.05) is 41.8 Å². The van der Waals surface area contributed by atoms with Gasteiger partial charge in [-0.25, -0.2) is 4.98 Å². The normalized spacial score (nSPS) is 11.9. The quantitative estimate of drug-likeness (QED) is 0.362. The zero-order chi connectivity index (χ0) is 16.6. The van der Waals surface area contributed by atoms with E-state index in [9.17, 15) is 4.79 Å². The highest BCUT2D eigenvalue weighted by atomic mass is 35.5. The fourth-order valence-electron chi connectivity index (χ4n) is 1.85. The Morgan fingerprint density at radius 2 is 2.00 bits per heavy atom. The minimum absolute atomic E-state index is 0.120. The second-order valence-electron chi connectivity index (χ2n) is 6.13. The van der Waals surface area contributed by atoms with Gasteiger partial charge in [0.15, 0.2) is 0 Å². The molecule has 1 aromatic rings. The number of hydrogen-bond acceptors (Lipinski definition) is 3. The number of carbonyl (C=O) groups is 1. The van der Waals surface area contributed by atoms with Gasteiger partial charge < -0.3 is 4.74 Å². The Morgan fingerprint density at radius 1 is 1.27 bits per heavy atom. The third kappa shape index (κ3) is 8.40. The maximum Gasteiger partial charge on any atom is 0.306 e. The van der Waals surface area contributed by atoms with E-state index in [1.54, 1.807) is 12.3 Å². The molecule has 0 spiro atoms. The molecule has 0 atom stereocenters. The van der Waals surface area contributed by atoms with Crippen molar-refractivity contribution in [3.63, 3.8) is 0 Å². The summed E-state index contributed by atoms with van der Waals surface area (Å²) in [5, 5.41) is 0.780. The maximum atomic E-state index is 11.5. The lowest BCUT2D eigenvalue weighted by atomic mass is 10.1. The van der Waals surface area contributed by atoms with Crippen LogP contribution >= 0.6 is 23.2 Å². The standard InChI is InChI=1S/C17H23Cl2NO2/c1-17(2,3)22-15(21)10-8-6-4-5-7-9-13-11-14(18)16(19)20-12-13/h7,9,11-12H,4-6,8,10H2,1-3H3/b9-7+. The number of carbonyl (C=O) groups excluding carboxylic acids is 1. The van der Waals surface area contributed by atoms with E-state index in [0.717, 1.165) is 31.2 Å². The Hall–Kier alpha value is -1.06. The minimum atomic E-state index is -0.395. The Morgan fingerprint density at radius 3 is 2.64 bits per heavy atom. The van der Waals surface area contributed by atoms with Crippen LogP contribution in [0.5, 0.6) is 0 Å². The zero-order valence-electron chi connectivity index (χ0n) is 13.4. The molecule has 0 saturated heterocycles. The molecule has 0 unspecified atom stereocenters. The van der Waals surface area contributed by atoms with Crippen LogP contribution in [0.2, 0.25) is 10.2 Å². The summed E-state index contributed by atoms with van der Waals surface area (Å²) in [6.45, 7) is 5.65. The summed E-state index contributed by atoms with van der Waals surface area (Å²) in [7, 11) is 0. The lowest BCUT2D eigenvalue weighted by Crippen LogP contribution is -2.23. The van der Waals surface area contributed by atoms with Crippen LogP contribution in [0.4, 0.5) is 0 Å². The number of allylic oxidation sites excluding steroid dienone is 1. The van der Waals surface area contributed by atoms with Crippen LogP contribution in [0.1, 0.15) is 58.4 Å². The van der Waals surface area contributed by atoms with Crippen molar-refractivity contribution in [2.75, 3.05) is 0 Å². The average Bonchev–Trinajstić information content (AvgIpc) is 2.39. The van der Waals surface area contributed by atoms with E-state index >= 15 is 0 Å². The van der Waals surface area contributed by atoms with E-state index in [2.05, 4.69) is 11.1 Å². The molecular formula is C17H23Cl2NO2. The van der Waals surface area contributed by atoms with Gasteiger partial charge in [-0.3, -0.25) is 4.79 Å². The van der Waals surface area contributed by atoms with Gasteiger partial charge in [0.2, 0.25) is 0 Å². The molecule has 5 heteroatoms. The second-order valence-corrected chi connectivity index (χ2v) is 6.89. The van der Waals surface area contributed by atoms with E-state index in [1.165, 1.54) is 0 Å². The van der Waals surface area contributed by atoms with Crippen molar-refractivity contribution in [2.24, 2.45) is 0 Å². The summed E-state index contributed by atoms with van der Waals surface area (Å²) in [6, 6.07) is 1.79. The van der Waals surface area contributed by atoms with E-state index in [1.807, 2.05) is 26.8 Å². The van der Waals surface area contributed by atoms with Crippen molar-refractivity contribution >= 4 is 35.2 Å². The first-order chi connectivity index (χ1) is 10.3. The molecule has 0 aliphatic heterocycles. The molecule has 0 amide bonds. The van der Waals surface area contributed by atoms with Crippen molar-refractivity contribution in [1.29, 1.82) is 0 Å². The summed E-state index contributed by atoms with van der Waals surface area (Å²) < 4.78 is 5.26. The Labute approximate surface area is 142 Å². The summed E-state index contributed by atoms with van der Waals surface area (Å²) in [5.41, 5.74) is 0.538. The number of esters is 1. The number of halogens is 2. The Kier molecular flexibility index (Phi) is 7.91. The molecule has 0 saturated carbocycles. The lowest BCUT2D eigenvalue weighted by molar-refractivity contribution is -0.154. The van der Waals surface area contributed by atoms with Crippen LogP contribution in [0.25, 0.3) is 6.08 Å². The predicted molar refractivity (Wildman–Crippen MR) is 92.2 cm³/mol. The van der Waals surface area contributed by atoms with Crippen molar-refractivity contribution in [3.05, 3.63) is 34.1 Å². The summed E-state index contributed by atoms with van der Waals surface area (Å²) in [4.78, 5) is 15.5. The Bertz CT molecular complexity index is 522. The number of nitrogens with zero attached hydrogens (tertiary/aromatic N) is 1. The van der Waals surface area contributed by atoms with Gasteiger partial charge in [-0.05, 0) is 51.7 Å². The smallest absolute Gasteiger partial charge is 0.306 e. The molecule has 0 N–H and O–H groups in total. The van der Waals surface area contributed by atoms with Crippen molar-refractivity contribution in [1.82, 2.24) is 4.98 Å². The topological polar surface area (TPSA) is 39.2 Å². The molecule has 0 radical (unpaired) electrons.